The lowest BCUT2D eigenvalue weighted by Gasteiger charge is -2.09. The number of halogens is 1. The first-order valence-corrected chi connectivity index (χ1v) is 6.05. The van der Waals surface area contributed by atoms with Gasteiger partial charge in [0.05, 0.1) is 10.7 Å². The number of para-hydroxylation sites is 1. The molecule has 2 rings (SSSR count). The Bertz CT molecular complexity index is 573. The summed E-state index contributed by atoms with van der Waals surface area (Å²) in [4.78, 5) is 11.7. The molecule has 0 fully saturated rings. The molecule has 0 aliphatic rings. The van der Waals surface area contributed by atoms with E-state index in [4.69, 9.17) is 22.1 Å². The number of benzene rings is 2. The van der Waals surface area contributed by atoms with Crippen molar-refractivity contribution >= 4 is 28.9 Å². The molecule has 19 heavy (non-hydrogen) atoms. The zero-order valence-corrected chi connectivity index (χ0v) is 10.9. The average molecular weight is 277 g/mol. The summed E-state index contributed by atoms with van der Waals surface area (Å²) >= 11 is 5.96. The summed E-state index contributed by atoms with van der Waals surface area (Å²) in [5.41, 5.74) is 6.63. The number of nitrogens with two attached hydrogens (primary N) is 1. The smallest absolute Gasteiger partial charge is 0.262 e. The van der Waals surface area contributed by atoms with Crippen molar-refractivity contribution in [3.8, 4) is 5.75 Å². The van der Waals surface area contributed by atoms with E-state index in [2.05, 4.69) is 5.32 Å². The van der Waals surface area contributed by atoms with Crippen LogP contribution in [-0.4, -0.2) is 12.5 Å². The summed E-state index contributed by atoms with van der Waals surface area (Å²) in [5, 5.41) is 3.05. The number of nitrogen functional groups attached to an aromatic ring is 1. The van der Waals surface area contributed by atoms with Gasteiger partial charge in [0.15, 0.2) is 6.61 Å². The van der Waals surface area contributed by atoms with E-state index >= 15 is 0 Å². The van der Waals surface area contributed by atoms with Gasteiger partial charge in [-0.25, -0.2) is 0 Å². The molecule has 0 aromatic heterocycles. The highest BCUT2D eigenvalue weighted by molar-refractivity contribution is 6.34. The highest BCUT2D eigenvalue weighted by Crippen LogP contribution is 2.23. The first-order valence-electron chi connectivity index (χ1n) is 5.68. The van der Waals surface area contributed by atoms with Crippen LogP contribution in [0.2, 0.25) is 5.02 Å². The van der Waals surface area contributed by atoms with Crippen LogP contribution in [0, 0.1) is 0 Å². The topological polar surface area (TPSA) is 64.3 Å². The van der Waals surface area contributed by atoms with Gasteiger partial charge in [-0.15, -0.1) is 0 Å². The molecular weight excluding hydrogens is 264 g/mol. The Morgan fingerprint density at radius 1 is 1.21 bits per heavy atom. The van der Waals surface area contributed by atoms with Gasteiger partial charge in [0.2, 0.25) is 0 Å². The second kappa shape index (κ2) is 6.11. The highest BCUT2D eigenvalue weighted by Gasteiger charge is 2.06. The van der Waals surface area contributed by atoms with E-state index in [1.165, 1.54) is 0 Å². The number of carbonyl (C=O) groups excluding carboxylic acids is 1. The van der Waals surface area contributed by atoms with E-state index < -0.39 is 0 Å². The minimum Gasteiger partial charge on any atom is -0.484 e. The van der Waals surface area contributed by atoms with Crippen molar-refractivity contribution in [2.45, 2.75) is 0 Å². The van der Waals surface area contributed by atoms with Crippen molar-refractivity contribution in [1.29, 1.82) is 0 Å². The Morgan fingerprint density at radius 2 is 1.95 bits per heavy atom. The molecule has 4 nitrogen and oxygen atoms in total. The van der Waals surface area contributed by atoms with E-state index in [-0.39, 0.29) is 12.5 Å². The molecule has 0 bridgehead atoms. The molecule has 2 aromatic rings. The van der Waals surface area contributed by atoms with E-state index in [9.17, 15) is 4.79 Å². The van der Waals surface area contributed by atoms with E-state index in [0.717, 1.165) is 0 Å². The molecule has 0 aliphatic carbocycles. The summed E-state index contributed by atoms with van der Waals surface area (Å²) in [6.45, 7) is -0.0787. The fraction of sp³-hybridized carbons (Fsp3) is 0.0714. The molecule has 0 radical (unpaired) electrons. The van der Waals surface area contributed by atoms with E-state index in [1.807, 2.05) is 18.2 Å². The van der Waals surface area contributed by atoms with Gasteiger partial charge in [-0.2, -0.15) is 0 Å². The van der Waals surface area contributed by atoms with Gasteiger partial charge in [0.25, 0.3) is 5.91 Å². The van der Waals surface area contributed by atoms with Crippen LogP contribution in [0.1, 0.15) is 0 Å². The predicted octanol–water partition coefficient (Wildman–Crippen LogP) is 2.94. The average Bonchev–Trinajstić information content (AvgIpc) is 2.41. The number of rotatable bonds is 4. The molecule has 0 unspecified atom stereocenters. The summed E-state index contributed by atoms with van der Waals surface area (Å²) < 4.78 is 5.32. The summed E-state index contributed by atoms with van der Waals surface area (Å²) in [6.07, 6.45) is 0. The van der Waals surface area contributed by atoms with Gasteiger partial charge >= 0.3 is 0 Å². The van der Waals surface area contributed by atoms with E-state index in [1.54, 1.807) is 30.3 Å². The number of nitrogens with one attached hydrogen (secondary N) is 1. The molecule has 0 spiro atoms. The third-order valence-corrected chi connectivity index (χ3v) is 2.69. The molecule has 98 valence electrons. The fourth-order valence-corrected chi connectivity index (χ4v) is 1.72. The molecular formula is C14H13ClN2O2. The fourth-order valence-electron chi connectivity index (χ4n) is 1.48. The van der Waals surface area contributed by atoms with Gasteiger partial charge in [-0.1, -0.05) is 29.8 Å². The second-order valence-electron chi connectivity index (χ2n) is 3.89. The van der Waals surface area contributed by atoms with Gasteiger partial charge in [0, 0.05) is 5.69 Å². The number of hydrogen-bond donors (Lipinski definition) is 2. The van der Waals surface area contributed by atoms with Crippen LogP contribution in [0.3, 0.4) is 0 Å². The van der Waals surface area contributed by atoms with Gasteiger partial charge in [0.1, 0.15) is 5.75 Å². The minimum atomic E-state index is -0.282. The molecule has 1 amide bonds. The van der Waals surface area contributed by atoms with Crippen LogP contribution in [-0.2, 0) is 4.79 Å². The lowest BCUT2D eigenvalue weighted by molar-refractivity contribution is -0.118. The number of hydrogen-bond acceptors (Lipinski definition) is 3. The standard InChI is InChI=1S/C14H13ClN2O2/c15-12-8-10(16)6-7-13(12)17-14(18)9-19-11-4-2-1-3-5-11/h1-8H,9,16H2,(H,17,18). The molecule has 2 aromatic carbocycles. The molecule has 0 aliphatic heterocycles. The van der Waals surface area contributed by atoms with Crippen molar-refractivity contribution in [3.05, 3.63) is 53.6 Å². The van der Waals surface area contributed by atoms with Crippen molar-refractivity contribution in [2.24, 2.45) is 0 Å². The zero-order chi connectivity index (χ0) is 13.7. The predicted molar refractivity (Wildman–Crippen MR) is 76.4 cm³/mol. The second-order valence-corrected chi connectivity index (χ2v) is 4.30. The van der Waals surface area contributed by atoms with Crippen LogP contribution < -0.4 is 15.8 Å². The van der Waals surface area contributed by atoms with Gasteiger partial charge in [-0.3, -0.25) is 4.79 Å². The highest BCUT2D eigenvalue weighted by atomic mass is 35.5. The van der Waals surface area contributed by atoms with Gasteiger partial charge < -0.3 is 15.8 Å². The third kappa shape index (κ3) is 3.89. The van der Waals surface area contributed by atoms with E-state index in [0.29, 0.717) is 22.1 Å². The molecule has 0 heterocycles. The number of anilines is 2. The normalized spacial score (nSPS) is 9.95. The lowest BCUT2D eigenvalue weighted by atomic mass is 10.3. The van der Waals surface area contributed by atoms with Crippen LogP contribution >= 0.6 is 11.6 Å². The Balaban J connectivity index is 1.91. The van der Waals surface area contributed by atoms with Crippen LogP contribution in [0.25, 0.3) is 0 Å². The SMILES string of the molecule is Nc1ccc(NC(=O)COc2ccccc2)c(Cl)c1. The Morgan fingerprint density at radius 3 is 2.63 bits per heavy atom. The molecule has 0 saturated carbocycles. The Labute approximate surface area is 116 Å². The van der Waals surface area contributed by atoms with Crippen LogP contribution in [0.15, 0.2) is 48.5 Å². The minimum absolute atomic E-state index is 0.0787. The Kier molecular flexibility index (Phi) is 4.26. The molecule has 0 saturated heterocycles. The molecule has 5 heteroatoms. The quantitative estimate of drug-likeness (QED) is 0.844. The van der Waals surface area contributed by atoms with Crippen molar-refractivity contribution in [2.75, 3.05) is 17.7 Å². The maximum Gasteiger partial charge on any atom is 0.262 e. The largest absolute Gasteiger partial charge is 0.484 e. The monoisotopic (exact) mass is 276 g/mol. The van der Waals surface area contributed by atoms with Crippen LogP contribution in [0.4, 0.5) is 11.4 Å². The van der Waals surface area contributed by atoms with Crippen molar-refractivity contribution < 1.29 is 9.53 Å². The van der Waals surface area contributed by atoms with Crippen molar-refractivity contribution in [1.82, 2.24) is 0 Å². The maximum absolute atomic E-state index is 11.7. The zero-order valence-electron chi connectivity index (χ0n) is 10.1. The summed E-state index contributed by atoms with van der Waals surface area (Å²) in [6, 6.07) is 14.0. The first kappa shape index (κ1) is 13.2. The number of carbonyl (C=O) groups is 1. The summed E-state index contributed by atoms with van der Waals surface area (Å²) in [7, 11) is 0. The Hall–Kier alpha value is -2.20. The van der Waals surface area contributed by atoms with Gasteiger partial charge in [-0.05, 0) is 30.3 Å². The van der Waals surface area contributed by atoms with Crippen LogP contribution in [0.5, 0.6) is 5.75 Å². The summed E-state index contributed by atoms with van der Waals surface area (Å²) in [5.74, 6) is 0.358. The number of amides is 1. The maximum atomic E-state index is 11.7. The van der Waals surface area contributed by atoms with Crippen molar-refractivity contribution in [3.63, 3.8) is 0 Å². The molecule has 0 atom stereocenters. The molecule has 3 N–H and O–H groups in total. The lowest BCUT2D eigenvalue weighted by Crippen LogP contribution is -2.20. The third-order valence-electron chi connectivity index (χ3n) is 2.38. The first-order chi connectivity index (χ1) is 9.15. The number of ether oxygens (including phenoxy) is 1.